The topological polar surface area (TPSA) is 77.5 Å². The molecule has 0 saturated heterocycles. The SMILES string of the molecule is COCCNC(N)=NCc1cn2c(n1)CCCC2. The lowest BCUT2D eigenvalue weighted by atomic mass is 10.2. The summed E-state index contributed by atoms with van der Waals surface area (Å²) in [6, 6.07) is 0. The van der Waals surface area contributed by atoms with Crippen molar-refractivity contribution in [1.82, 2.24) is 14.9 Å². The maximum atomic E-state index is 5.73. The van der Waals surface area contributed by atoms with Gasteiger partial charge < -0.3 is 20.4 Å². The average Bonchev–Trinajstić information content (AvgIpc) is 2.79. The number of hydrogen-bond acceptors (Lipinski definition) is 3. The van der Waals surface area contributed by atoms with Gasteiger partial charge in [-0.1, -0.05) is 0 Å². The van der Waals surface area contributed by atoms with E-state index in [0.717, 1.165) is 18.7 Å². The van der Waals surface area contributed by atoms with Crippen molar-refractivity contribution in [3.8, 4) is 0 Å². The van der Waals surface area contributed by atoms with Gasteiger partial charge in [-0.25, -0.2) is 9.98 Å². The number of rotatable bonds is 5. The summed E-state index contributed by atoms with van der Waals surface area (Å²) < 4.78 is 7.15. The molecule has 6 nitrogen and oxygen atoms in total. The predicted octanol–water partition coefficient (Wildman–Crippen LogP) is 0.270. The monoisotopic (exact) mass is 251 g/mol. The Kier molecular flexibility index (Phi) is 4.58. The molecular weight excluding hydrogens is 230 g/mol. The molecule has 1 aromatic heterocycles. The summed E-state index contributed by atoms with van der Waals surface area (Å²) >= 11 is 0. The Balaban J connectivity index is 1.85. The molecule has 0 fully saturated rings. The number of methoxy groups -OCH3 is 1. The van der Waals surface area contributed by atoms with Crippen molar-refractivity contribution in [2.45, 2.75) is 32.4 Å². The van der Waals surface area contributed by atoms with Gasteiger partial charge >= 0.3 is 0 Å². The normalized spacial score (nSPS) is 15.5. The molecule has 0 atom stereocenters. The van der Waals surface area contributed by atoms with Crippen LogP contribution in [0, 0.1) is 0 Å². The second-order valence-corrected chi connectivity index (χ2v) is 4.42. The first-order chi connectivity index (χ1) is 8.79. The van der Waals surface area contributed by atoms with Crippen LogP contribution in [0.4, 0.5) is 0 Å². The van der Waals surface area contributed by atoms with Crippen molar-refractivity contribution in [2.75, 3.05) is 20.3 Å². The van der Waals surface area contributed by atoms with Gasteiger partial charge in [0.25, 0.3) is 0 Å². The molecule has 6 heteroatoms. The minimum Gasteiger partial charge on any atom is -0.383 e. The van der Waals surface area contributed by atoms with Crippen molar-refractivity contribution in [3.05, 3.63) is 17.7 Å². The van der Waals surface area contributed by atoms with Crippen LogP contribution in [0.1, 0.15) is 24.4 Å². The Hall–Kier alpha value is -1.56. The maximum absolute atomic E-state index is 5.73. The zero-order valence-electron chi connectivity index (χ0n) is 10.9. The van der Waals surface area contributed by atoms with Crippen LogP contribution in [0.3, 0.4) is 0 Å². The van der Waals surface area contributed by atoms with E-state index in [1.807, 2.05) is 0 Å². The molecule has 1 aromatic rings. The lowest BCUT2D eigenvalue weighted by molar-refractivity contribution is 0.204. The van der Waals surface area contributed by atoms with Gasteiger partial charge in [-0.3, -0.25) is 0 Å². The molecule has 0 spiro atoms. The molecule has 0 aromatic carbocycles. The molecule has 0 unspecified atom stereocenters. The summed E-state index contributed by atoms with van der Waals surface area (Å²) in [5.41, 5.74) is 6.72. The molecule has 3 N–H and O–H groups in total. The number of aliphatic imine (C=N–C) groups is 1. The van der Waals surface area contributed by atoms with Crippen LogP contribution in [-0.2, 0) is 24.2 Å². The lowest BCUT2D eigenvalue weighted by Gasteiger charge is -2.11. The van der Waals surface area contributed by atoms with Crippen molar-refractivity contribution in [1.29, 1.82) is 0 Å². The van der Waals surface area contributed by atoms with Crippen LogP contribution in [-0.4, -0.2) is 35.8 Å². The average molecular weight is 251 g/mol. The largest absolute Gasteiger partial charge is 0.383 e. The number of ether oxygens (including phenoxy) is 1. The van der Waals surface area contributed by atoms with Crippen LogP contribution < -0.4 is 11.1 Å². The van der Waals surface area contributed by atoms with E-state index in [4.69, 9.17) is 10.5 Å². The number of guanidine groups is 1. The Morgan fingerprint density at radius 1 is 1.61 bits per heavy atom. The second-order valence-electron chi connectivity index (χ2n) is 4.42. The van der Waals surface area contributed by atoms with Gasteiger partial charge in [-0.05, 0) is 12.8 Å². The van der Waals surface area contributed by atoms with Gasteiger partial charge in [0.05, 0.1) is 18.8 Å². The third kappa shape index (κ3) is 3.46. The molecule has 0 aliphatic carbocycles. The van der Waals surface area contributed by atoms with Crippen LogP contribution >= 0.6 is 0 Å². The Labute approximate surface area is 107 Å². The molecule has 1 aliphatic heterocycles. The second kappa shape index (κ2) is 6.39. The summed E-state index contributed by atoms with van der Waals surface area (Å²) in [5.74, 6) is 1.62. The van der Waals surface area contributed by atoms with E-state index in [1.165, 1.54) is 18.7 Å². The van der Waals surface area contributed by atoms with E-state index >= 15 is 0 Å². The van der Waals surface area contributed by atoms with Crippen molar-refractivity contribution < 1.29 is 4.74 Å². The van der Waals surface area contributed by atoms with E-state index in [2.05, 4.69) is 26.1 Å². The summed E-state index contributed by atoms with van der Waals surface area (Å²) in [4.78, 5) is 8.83. The molecule has 2 heterocycles. The predicted molar refractivity (Wildman–Crippen MR) is 70.4 cm³/mol. The first-order valence-electron chi connectivity index (χ1n) is 6.37. The van der Waals surface area contributed by atoms with Gasteiger partial charge in [0.1, 0.15) is 5.82 Å². The quantitative estimate of drug-likeness (QED) is 0.447. The summed E-state index contributed by atoms with van der Waals surface area (Å²) in [6.07, 6.45) is 5.64. The fraction of sp³-hybridized carbons (Fsp3) is 0.667. The van der Waals surface area contributed by atoms with E-state index in [0.29, 0.717) is 25.7 Å². The van der Waals surface area contributed by atoms with Crippen LogP contribution in [0.2, 0.25) is 0 Å². The fourth-order valence-corrected chi connectivity index (χ4v) is 2.05. The van der Waals surface area contributed by atoms with Crippen molar-refractivity contribution >= 4 is 5.96 Å². The van der Waals surface area contributed by atoms with Gasteiger partial charge in [-0.15, -0.1) is 0 Å². The lowest BCUT2D eigenvalue weighted by Crippen LogP contribution is -2.34. The number of fused-ring (bicyclic) bond motifs is 1. The smallest absolute Gasteiger partial charge is 0.189 e. The van der Waals surface area contributed by atoms with Gasteiger partial charge in [0, 0.05) is 32.8 Å². The third-order valence-corrected chi connectivity index (χ3v) is 2.98. The van der Waals surface area contributed by atoms with Crippen LogP contribution in [0.15, 0.2) is 11.2 Å². The summed E-state index contributed by atoms with van der Waals surface area (Å²) in [6.45, 7) is 2.90. The van der Waals surface area contributed by atoms with E-state index in [1.54, 1.807) is 7.11 Å². The number of nitrogens with two attached hydrogens (primary N) is 1. The number of imidazole rings is 1. The third-order valence-electron chi connectivity index (χ3n) is 2.98. The molecule has 0 bridgehead atoms. The van der Waals surface area contributed by atoms with Crippen molar-refractivity contribution in [3.63, 3.8) is 0 Å². The molecule has 1 aliphatic rings. The maximum Gasteiger partial charge on any atom is 0.189 e. The first kappa shape index (κ1) is 12.9. The van der Waals surface area contributed by atoms with Gasteiger partial charge in [0.15, 0.2) is 5.96 Å². The van der Waals surface area contributed by atoms with Crippen LogP contribution in [0.5, 0.6) is 0 Å². The first-order valence-corrected chi connectivity index (χ1v) is 6.37. The minimum absolute atomic E-state index is 0.443. The number of aryl methyl sites for hydroxylation is 2. The Bertz CT molecular complexity index is 389. The summed E-state index contributed by atoms with van der Waals surface area (Å²) in [7, 11) is 1.66. The highest BCUT2D eigenvalue weighted by Crippen LogP contribution is 2.14. The highest BCUT2D eigenvalue weighted by molar-refractivity contribution is 5.77. The molecule has 0 amide bonds. The number of nitrogens with zero attached hydrogens (tertiary/aromatic N) is 3. The molecule has 0 saturated carbocycles. The standard InChI is InChI=1S/C12H21N5O/c1-18-7-5-14-12(13)15-8-10-9-17-6-3-2-4-11(17)16-10/h9H,2-8H2,1H3,(H3,13,14,15). The van der Waals surface area contributed by atoms with Gasteiger partial charge in [-0.2, -0.15) is 0 Å². The molecular formula is C12H21N5O. The van der Waals surface area contributed by atoms with E-state index < -0.39 is 0 Å². The highest BCUT2D eigenvalue weighted by Gasteiger charge is 2.11. The van der Waals surface area contributed by atoms with Crippen molar-refractivity contribution in [2.24, 2.45) is 10.7 Å². The highest BCUT2D eigenvalue weighted by atomic mass is 16.5. The van der Waals surface area contributed by atoms with Gasteiger partial charge in [0.2, 0.25) is 0 Å². The minimum atomic E-state index is 0.443. The zero-order valence-corrected chi connectivity index (χ0v) is 10.9. The van der Waals surface area contributed by atoms with E-state index in [9.17, 15) is 0 Å². The molecule has 0 radical (unpaired) electrons. The number of hydrogen-bond donors (Lipinski definition) is 2. The van der Waals surface area contributed by atoms with E-state index in [-0.39, 0.29) is 0 Å². The zero-order chi connectivity index (χ0) is 12.8. The number of aromatic nitrogens is 2. The summed E-state index contributed by atoms with van der Waals surface area (Å²) in [5, 5.41) is 2.98. The van der Waals surface area contributed by atoms with Crippen LogP contribution in [0.25, 0.3) is 0 Å². The molecule has 100 valence electrons. The Morgan fingerprint density at radius 3 is 3.28 bits per heavy atom. The molecule has 2 rings (SSSR count). The number of nitrogens with one attached hydrogen (secondary N) is 1. The Morgan fingerprint density at radius 2 is 2.50 bits per heavy atom. The fourth-order valence-electron chi connectivity index (χ4n) is 2.05. The molecule has 18 heavy (non-hydrogen) atoms.